The number of para-hydroxylation sites is 1. The zero-order chi connectivity index (χ0) is 14.5. The number of hydrogen-bond donors (Lipinski definition) is 1. The van der Waals surface area contributed by atoms with Crippen molar-refractivity contribution in [2.75, 3.05) is 5.32 Å². The Kier molecular flexibility index (Phi) is 5.08. The molecule has 0 radical (unpaired) electrons. The zero-order valence-electron chi connectivity index (χ0n) is 10.0. The van der Waals surface area contributed by atoms with Crippen molar-refractivity contribution in [1.82, 2.24) is 4.98 Å². The lowest BCUT2D eigenvalue weighted by molar-refractivity contribution is 0.102. The number of nitrogens with zero attached hydrogens (tertiary/aromatic N) is 1. The summed E-state index contributed by atoms with van der Waals surface area (Å²) < 4.78 is 25.6. The molecule has 2 aromatic rings. The molecule has 0 saturated heterocycles. The van der Waals surface area contributed by atoms with E-state index in [1.807, 2.05) is 0 Å². The number of amides is 1. The third-order valence-corrected chi connectivity index (χ3v) is 3.57. The van der Waals surface area contributed by atoms with Crippen LogP contribution in [0.2, 0.25) is 0 Å². The quantitative estimate of drug-likeness (QED) is 0.823. The first-order valence-electron chi connectivity index (χ1n) is 5.53. The van der Waals surface area contributed by atoms with Gasteiger partial charge in [-0.15, -0.1) is 0 Å². The van der Waals surface area contributed by atoms with E-state index in [9.17, 15) is 13.6 Å². The molecule has 104 valence electrons. The first-order chi connectivity index (χ1) is 9.56. The largest absolute Gasteiger partial charge is 0.320 e. The third kappa shape index (κ3) is 4.01. The molecule has 0 fully saturated rings. The van der Waals surface area contributed by atoms with E-state index in [1.165, 1.54) is 12.3 Å². The summed E-state index contributed by atoms with van der Waals surface area (Å²) in [4.78, 5) is 16.2. The fraction of sp³-hybridized carbons (Fsp3) is 0.0769. The van der Waals surface area contributed by atoms with Crippen LogP contribution in [0.5, 0.6) is 0 Å². The van der Waals surface area contributed by atoms with Gasteiger partial charge in [0.05, 0.1) is 5.69 Å². The standard InChI is InChI=1S/C13H9BrF2N2OS/c14-8-5-6-10(17-7-8)12(19)18-9-3-1-2-4-11(9)20-13(15)16/h1-7,13H,(H,18,19). The lowest BCUT2D eigenvalue weighted by Gasteiger charge is -2.09. The van der Waals surface area contributed by atoms with Gasteiger partial charge in [0.1, 0.15) is 5.69 Å². The zero-order valence-corrected chi connectivity index (χ0v) is 12.4. The molecular formula is C13H9BrF2N2OS. The number of carbonyl (C=O) groups excluding carboxylic acids is 1. The monoisotopic (exact) mass is 358 g/mol. The summed E-state index contributed by atoms with van der Waals surface area (Å²) in [5, 5.41) is 2.58. The van der Waals surface area contributed by atoms with Crippen LogP contribution in [0, 0.1) is 0 Å². The molecule has 3 nitrogen and oxygen atoms in total. The second-order valence-electron chi connectivity index (χ2n) is 3.69. The summed E-state index contributed by atoms with van der Waals surface area (Å²) >= 11 is 3.61. The molecule has 20 heavy (non-hydrogen) atoms. The lowest BCUT2D eigenvalue weighted by atomic mass is 10.3. The van der Waals surface area contributed by atoms with Gasteiger partial charge in [-0.1, -0.05) is 23.9 Å². The molecule has 1 amide bonds. The van der Waals surface area contributed by atoms with Gasteiger partial charge < -0.3 is 5.32 Å². The number of thioether (sulfide) groups is 1. The Morgan fingerprint density at radius 3 is 2.65 bits per heavy atom. The van der Waals surface area contributed by atoms with Crippen molar-refractivity contribution in [2.24, 2.45) is 0 Å². The van der Waals surface area contributed by atoms with E-state index in [1.54, 1.807) is 30.3 Å². The highest BCUT2D eigenvalue weighted by atomic mass is 79.9. The smallest absolute Gasteiger partial charge is 0.288 e. The summed E-state index contributed by atoms with van der Waals surface area (Å²) in [6, 6.07) is 9.63. The van der Waals surface area contributed by atoms with Crippen LogP contribution in [0.15, 0.2) is 52.0 Å². The molecule has 0 aliphatic carbocycles. The highest BCUT2D eigenvalue weighted by Gasteiger charge is 2.13. The van der Waals surface area contributed by atoms with Gasteiger partial charge >= 0.3 is 0 Å². The number of nitrogens with one attached hydrogen (secondary N) is 1. The van der Waals surface area contributed by atoms with Gasteiger partial charge in [-0.05, 0) is 40.2 Å². The van der Waals surface area contributed by atoms with Crippen LogP contribution in [-0.2, 0) is 0 Å². The minimum absolute atomic E-state index is 0.213. The Morgan fingerprint density at radius 1 is 1.25 bits per heavy atom. The van der Waals surface area contributed by atoms with Crippen LogP contribution < -0.4 is 5.32 Å². The summed E-state index contributed by atoms with van der Waals surface area (Å²) in [7, 11) is 0. The van der Waals surface area contributed by atoms with Gasteiger partial charge in [-0.2, -0.15) is 8.78 Å². The number of anilines is 1. The molecule has 1 aromatic heterocycles. The van der Waals surface area contributed by atoms with Crippen LogP contribution in [-0.4, -0.2) is 16.6 Å². The molecule has 0 unspecified atom stereocenters. The fourth-order valence-electron chi connectivity index (χ4n) is 1.47. The maximum Gasteiger partial charge on any atom is 0.288 e. The maximum absolute atomic E-state index is 12.4. The number of aromatic nitrogens is 1. The number of alkyl halides is 2. The molecule has 0 aliphatic heterocycles. The van der Waals surface area contributed by atoms with Crippen LogP contribution in [0.3, 0.4) is 0 Å². The van der Waals surface area contributed by atoms with E-state index in [-0.39, 0.29) is 5.69 Å². The van der Waals surface area contributed by atoms with Gasteiger partial charge in [-0.3, -0.25) is 4.79 Å². The average molecular weight is 359 g/mol. The van der Waals surface area contributed by atoms with Crippen LogP contribution in [0.25, 0.3) is 0 Å². The number of benzene rings is 1. The molecule has 0 atom stereocenters. The maximum atomic E-state index is 12.4. The summed E-state index contributed by atoms with van der Waals surface area (Å²) in [5.74, 6) is -2.99. The Labute approximate surface area is 126 Å². The number of hydrogen-bond acceptors (Lipinski definition) is 3. The molecule has 0 spiro atoms. The fourth-order valence-corrected chi connectivity index (χ4v) is 2.29. The normalized spacial score (nSPS) is 10.6. The second kappa shape index (κ2) is 6.81. The molecule has 0 bridgehead atoms. The SMILES string of the molecule is O=C(Nc1ccccc1SC(F)F)c1ccc(Br)cn1. The van der Waals surface area contributed by atoms with Gasteiger partial charge in [0.25, 0.3) is 11.7 Å². The van der Waals surface area contributed by atoms with Crippen molar-refractivity contribution in [2.45, 2.75) is 10.7 Å². The Hall–Kier alpha value is -1.47. The highest BCUT2D eigenvalue weighted by molar-refractivity contribution is 9.10. The third-order valence-electron chi connectivity index (χ3n) is 2.31. The topological polar surface area (TPSA) is 42.0 Å². The molecular weight excluding hydrogens is 350 g/mol. The average Bonchev–Trinajstić information content (AvgIpc) is 2.41. The minimum Gasteiger partial charge on any atom is -0.320 e. The van der Waals surface area contributed by atoms with Crippen molar-refractivity contribution >= 4 is 39.3 Å². The number of pyridine rings is 1. The predicted octanol–water partition coefficient (Wildman–Crippen LogP) is 4.41. The van der Waals surface area contributed by atoms with Crippen molar-refractivity contribution < 1.29 is 13.6 Å². The molecule has 0 aliphatic rings. The van der Waals surface area contributed by atoms with E-state index < -0.39 is 11.7 Å². The molecule has 1 heterocycles. The minimum atomic E-state index is -2.54. The number of rotatable bonds is 4. The Bertz CT molecular complexity index is 608. The van der Waals surface area contributed by atoms with Gasteiger partial charge in [0.2, 0.25) is 0 Å². The van der Waals surface area contributed by atoms with Crippen molar-refractivity contribution in [3.63, 3.8) is 0 Å². The van der Waals surface area contributed by atoms with E-state index in [0.29, 0.717) is 22.3 Å². The first-order valence-corrected chi connectivity index (χ1v) is 7.20. The number of halogens is 3. The van der Waals surface area contributed by atoms with Crippen molar-refractivity contribution in [3.8, 4) is 0 Å². The molecule has 2 rings (SSSR count). The van der Waals surface area contributed by atoms with E-state index in [2.05, 4.69) is 26.2 Å². The summed E-state index contributed by atoms with van der Waals surface area (Å²) in [6.45, 7) is 0. The van der Waals surface area contributed by atoms with Gasteiger partial charge in [-0.25, -0.2) is 4.98 Å². The number of carbonyl (C=O) groups is 1. The summed E-state index contributed by atoms with van der Waals surface area (Å²) in [5.41, 5.74) is 0.553. The highest BCUT2D eigenvalue weighted by Crippen LogP contribution is 2.31. The van der Waals surface area contributed by atoms with Crippen LogP contribution in [0.1, 0.15) is 10.5 Å². The van der Waals surface area contributed by atoms with Crippen LogP contribution in [0.4, 0.5) is 14.5 Å². The predicted molar refractivity (Wildman–Crippen MR) is 78.2 cm³/mol. The molecule has 1 N–H and O–H groups in total. The Balaban J connectivity index is 2.17. The second-order valence-corrected chi connectivity index (χ2v) is 5.64. The van der Waals surface area contributed by atoms with E-state index in [4.69, 9.17) is 0 Å². The van der Waals surface area contributed by atoms with E-state index in [0.717, 1.165) is 4.47 Å². The molecule has 0 saturated carbocycles. The van der Waals surface area contributed by atoms with E-state index >= 15 is 0 Å². The van der Waals surface area contributed by atoms with Crippen molar-refractivity contribution in [3.05, 3.63) is 52.8 Å². The lowest BCUT2D eigenvalue weighted by Crippen LogP contribution is -2.14. The molecule has 1 aromatic carbocycles. The van der Waals surface area contributed by atoms with Crippen molar-refractivity contribution in [1.29, 1.82) is 0 Å². The first kappa shape index (κ1) is 14.9. The summed E-state index contributed by atoms with van der Waals surface area (Å²) in [6.07, 6.45) is 1.49. The van der Waals surface area contributed by atoms with Crippen LogP contribution >= 0.6 is 27.7 Å². The Morgan fingerprint density at radius 2 is 2.00 bits per heavy atom. The van der Waals surface area contributed by atoms with Gasteiger partial charge in [0, 0.05) is 15.6 Å². The van der Waals surface area contributed by atoms with Gasteiger partial charge in [0.15, 0.2) is 0 Å². The molecule has 7 heteroatoms.